The van der Waals surface area contributed by atoms with Crippen LogP contribution < -0.4 is 0 Å². The minimum Gasteiger partial charge on any atom is -0.299 e. The maximum atomic E-state index is 11.4. The Hall–Kier alpha value is -0.330. The molecule has 0 aliphatic carbocycles. The van der Waals surface area contributed by atoms with Crippen LogP contribution >= 0.6 is 0 Å². The van der Waals surface area contributed by atoms with E-state index in [9.17, 15) is 4.79 Å². The fraction of sp³-hybridized carbons (Fsp3) is 0.900. The molecule has 0 amide bonds. The SMILES string of the molecule is CC[C@H](C)[C@H](C)C(=O)C(C)C. The lowest BCUT2D eigenvalue weighted by atomic mass is 9.85. The van der Waals surface area contributed by atoms with E-state index in [1.54, 1.807) is 0 Å². The van der Waals surface area contributed by atoms with Gasteiger partial charge in [-0.3, -0.25) is 4.79 Å². The highest BCUT2D eigenvalue weighted by atomic mass is 16.1. The van der Waals surface area contributed by atoms with Gasteiger partial charge in [-0.25, -0.2) is 0 Å². The van der Waals surface area contributed by atoms with E-state index in [1.165, 1.54) is 0 Å². The van der Waals surface area contributed by atoms with Crippen molar-refractivity contribution in [2.75, 3.05) is 0 Å². The van der Waals surface area contributed by atoms with Gasteiger partial charge in [0.05, 0.1) is 0 Å². The number of rotatable bonds is 4. The van der Waals surface area contributed by atoms with Crippen LogP contribution in [0, 0.1) is 17.8 Å². The van der Waals surface area contributed by atoms with E-state index in [1.807, 2.05) is 20.8 Å². The van der Waals surface area contributed by atoms with Crippen molar-refractivity contribution in [3.8, 4) is 0 Å². The van der Waals surface area contributed by atoms with E-state index in [4.69, 9.17) is 0 Å². The van der Waals surface area contributed by atoms with Crippen LogP contribution in [-0.4, -0.2) is 5.78 Å². The number of hydrogen-bond donors (Lipinski definition) is 0. The molecule has 0 aliphatic heterocycles. The first-order valence-corrected chi connectivity index (χ1v) is 4.54. The predicted molar refractivity (Wildman–Crippen MR) is 48.5 cm³/mol. The van der Waals surface area contributed by atoms with E-state index in [0.717, 1.165) is 6.42 Å². The average Bonchev–Trinajstić information content (AvgIpc) is 2.00. The molecule has 0 fully saturated rings. The Morgan fingerprint density at radius 1 is 1.18 bits per heavy atom. The number of hydrogen-bond acceptors (Lipinski definition) is 1. The van der Waals surface area contributed by atoms with Gasteiger partial charge in [0.1, 0.15) is 5.78 Å². The summed E-state index contributed by atoms with van der Waals surface area (Å²) < 4.78 is 0. The molecular formula is C10H20O. The molecule has 0 radical (unpaired) electrons. The van der Waals surface area contributed by atoms with Crippen molar-refractivity contribution < 1.29 is 4.79 Å². The van der Waals surface area contributed by atoms with Crippen molar-refractivity contribution in [1.82, 2.24) is 0 Å². The highest BCUT2D eigenvalue weighted by Gasteiger charge is 2.20. The van der Waals surface area contributed by atoms with Gasteiger partial charge in [0.15, 0.2) is 0 Å². The zero-order valence-corrected chi connectivity index (χ0v) is 8.35. The molecule has 0 aromatic rings. The molecule has 0 saturated heterocycles. The third-order valence-electron chi connectivity index (χ3n) is 2.52. The Bertz CT molecular complexity index is 127. The van der Waals surface area contributed by atoms with Crippen molar-refractivity contribution in [2.24, 2.45) is 17.8 Å². The summed E-state index contributed by atoms with van der Waals surface area (Å²) in [5, 5.41) is 0. The van der Waals surface area contributed by atoms with E-state index < -0.39 is 0 Å². The quantitative estimate of drug-likeness (QED) is 0.611. The molecule has 0 aromatic heterocycles. The van der Waals surface area contributed by atoms with Crippen LogP contribution in [0.15, 0.2) is 0 Å². The second-order valence-electron chi connectivity index (χ2n) is 3.73. The zero-order valence-electron chi connectivity index (χ0n) is 8.35. The van der Waals surface area contributed by atoms with Crippen molar-refractivity contribution in [3.05, 3.63) is 0 Å². The minimum atomic E-state index is 0.194. The Morgan fingerprint density at radius 2 is 1.64 bits per heavy atom. The Balaban J connectivity index is 4.02. The molecule has 1 nitrogen and oxygen atoms in total. The van der Waals surface area contributed by atoms with Gasteiger partial charge in [-0.05, 0) is 5.92 Å². The lowest BCUT2D eigenvalue weighted by Gasteiger charge is -2.18. The summed E-state index contributed by atoms with van der Waals surface area (Å²) in [6, 6.07) is 0. The normalized spacial score (nSPS) is 16.5. The second kappa shape index (κ2) is 4.53. The highest BCUT2D eigenvalue weighted by molar-refractivity contribution is 5.82. The van der Waals surface area contributed by atoms with Gasteiger partial charge in [-0.2, -0.15) is 0 Å². The summed E-state index contributed by atoms with van der Waals surface area (Å²) in [6.07, 6.45) is 1.10. The van der Waals surface area contributed by atoms with Gasteiger partial charge in [0, 0.05) is 11.8 Å². The van der Waals surface area contributed by atoms with Gasteiger partial charge in [0.25, 0.3) is 0 Å². The Kier molecular flexibility index (Phi) is 4.39. The topological polar surface area (TPSA) is 17.1 Å². The molecule has 66 valence electrons. The van der Waals surface area contributed by atoms with Gasteiger partial charge in [-0.15, -0.1) is 0 Å². The molecule has 0 rings (SSSR count). The molecule has 0 aromatic carbocycles. The molecule has 2 atom stereocenters. The molecule has 0 unspecified atom stereocenters. The van der Waals surface area contributed by atoms with Gasteiger partial charge in [-0.1, -0.05) is 41.0 Å². The van der Waals surface area contributed by atoms with Crippen molar-refractivity contribution in [3.63, 3.8) is 0 Å². The molecule has 0 saturated carbocycles. The maximum Gasteiger partial charge on any atom is 0.138 e. The molecule has 0 bridgehead atoms. The lowest BCUT2D eigenvalue weighted by molar-refractivity contribution is -0.126. The standard InChI is InChI=1S/C10H20O/c1-6-8(4)9(5)10(11)7(2)3/h7-9H,6H2,1-5H3/t8-,9-/m0/s1. The van der Waals surface area contributed by atoms with Crippen LogP contribution in [0.5, 0.6) is 0 Å². The van der Waals surface area contributed by atoms with Crippen molar-refractivity contribution in [2.45, 2.75) is 41.0 Å². The highest BCUT2D eigenvalue weighted by Crippen LogP contribution is 2.18. The van der Waals surface area contributed by atoms with Gasteiger partial charge < -0.3 is 0 Å². The van der Waals surface area contributed by atoms with Crippen molar-refractivity contribution >= 4 is 5.78 Å². The Labute approximate surface area is 70.2 Å². The second-order valence-corrected chi connectivity index (χ2v) is 3.73. The number of carbonyl (C=O) groups excluding carboxylic acids is 1. The smallest absolute Gasteiger partial charge is 0.138 e. The van der Waals surface area contributed by atoms with Gasteiger partial charge >= 0.3 is 0 Å². The van der Waals surface area contributed by atoms with E-state index in [2.05, 4.69) is 13.8 Å². The maximum absolute atomic E-state index is 11.4. The molecular weight excluding hydrogens is 136 g/mol. The van der Waals surface area contributed by atoms with Crippen LogP contribution in [0.1, 0.15) is 41.0 Å². The molecule has 0 heterocycles. The van der Waals surface area contributed by atoms with Crippen LogP contribution in [0.25, 0.3) is 0 Å². The van der Waals surface area contributed by atoms with E-state index in [0.29, 0.717) is 11.7 Å². The number of ketones is 1. The number of carbonyl (C=O) groups is 1. The third kappa shape index (κ3) is 3.04. The first-order valence-electron chi connectivity index (χ1n) is 4.54. The first-order chi connectivity index (χ1) is 5.00. The van der Waals surface area contributed by atoms with Crippen LogP contribution in [-0.2, 0) is 4.79 Å². The van der Waals surface area contributed by atoms with Crippen molar-refractivity contribution in [1.29, 1.82) is 0 Å². The molecule has 0 aliphatic rings. The van der Waals surface area contributed by atoms with Crippen LogP contribution in [0.3, 0.4) is 0 Å². The summed E-state index contributed by atoms with van der Waals surface area (Å²) >= 11 is 0. The molecule has 0 spiro atoms. The van der Waals surface area contributed by atoms with E-state index >= 15 is 0 Å². The predicted octanol–water partition coefficient (Wildman–Crippen LogP) is 2.89. The van der Waals surface area contributed by atoms with Gasteiger partial charge in [0.2, 0.25) is 0 Å². The monoisotopic (exact) mass is 156 g/mol. The fourth-order valence-corrected chi connectivity index (χ4v) is 1.16. The first kappa shape index (κ1) is 10.7. The molecule has 1 heteroatoms. The average molecular weight is 156 g/mol. The van der Waals surface area contributed by atoms with Crippen LogP contribution in [0.2, 0.25) is 0 Å². The molecule has 0 N–H and O–H groups in total. The summed E-state index contributed by atoms with van der Waals surface area (Å²) in [6.45, 7) is 10.3. The largest absolute Gasteiger partial charge is 0.299 e. The summed E-state index contributed by atoms with van der Waals surface area (Å²) in [4.78, 5) is 11.4. The minimum absolute atomic E-state index is 0.194. The summed E-state index contributed by atoms with van der Waals surface area (Å²) in [5.41, 5.74) is 0. The summed E-state index contributed by atoms with van der Waals surface area (Å²) in [7, 11) is 0. The number of Topliss-reactive ketones (excluding diaryl/α,β-unsaturated/α-hetero) is 1. The zero-order chi connectivity index (χ0) is 9.02. The lowest BCUT2D eigenvalue weighted by Crippen LogP contribution is -2.22. The van der Waals surface area contributed by atoms with E-state index in [-0.39, 0.29) is 11.8 Å². The molecule has 11 heavy (non-hydrogen) atoms. The fourth-order valence-electron chi connectivity index (χ4n) is 1.16. The van der Waals surface area contributed by atoms with Crippen LogP contribution in [0.4, 0.5) is 0 Å². The Morgan fingerprint density at radius 3 is 1.91 bits per heavy atom. The third-order valence-corrected chi connectivity index (χ3v) is 2.52. The summed E-state index contributed by atoms with van der Waals surface area (Å²) in [5.74, 6) is 1.36.